The minimum absolute atomic E-state index is 0.0436. The van der Waals surface area contributed by atoms with Crippen LogP contribution in [0, 0.1) is 10.1 Å². The number of rotatable bonds is 2. The zero-order chi connectivity index (χ0) is 10.8. The fourth-order valence-electron chi connectivity index (χ4n) is 1.27. The molecule has 0 unspecified atom stereocenters. The number of H-pyrrole nitrogens is 1. The minimum atomic E-state index is -0.427. The van der Waals surface area contributed by atoms with Gasteiger partial charge in [0.15, 0.2) is 0 Å². The van der Waals surface area contributed by atoms with Crippen molar-refractivity contribution >= 4 is 21.6 Å². The van der Waals surface area contributed by atoms with Crippen LogP contribution in [0.25, 0.3) is 11.3 Å². The predicted octanol–water partition coefficient (Wildman–Crippen LogP) is 2.75. The Hall–Kier alpha value is -1.69. The van der Waals surface area contributed by atoms with Gasteiger partial charge in [-0.25, -0.2) is 4.98 Å². The highest BCUT2D eigenvalue weighted by atomic mass is 79.9. The third-order valence-corrected chi connectivity index (χ3v) is 2.80. The maximum absolute atomic E-state index is 10.7. The zero-order valence-electron chi connectivity index (χ0n) is 7.48. The van der Waals surface area contributed by atoms with E-state index in [-0.39, 0.29) is 5.69 Å². The molecule has 0 bridgehead atoms. The third-order valence-electron chi connectivity index (χ3n) is 1.96. The van der Waals surface area contributed by atoms with Crippen LogP contribution < -0.4 is 0 Å². The molecule has 15 heavy (non-hydrogen) atoms. The van der Waals surface area contributed by atoms with Crippen LogP contribution in [-0.2, 0) is 0 Å². The van der Waals surface area contributed by atoms with Crippen molar-refractivity contribution in [2.24, 2.45) is 0 Å². The van der Waals surface area contributed by atoms with E-state index in [4.69, 9.17) is 0 Å². The van der Waals surface area contributed by atoms with Crippen molar-refractivity contribution in [1.29, 1.82) is 0 Å². The molecule has 0 amide bonds. The van der Waals surface area contributed by atoms with Crippen molar-refractivity contribution in [3.05, 3.63) is 45.3 Å². The van der Waals surface area contributed by atoms with Crippen LogP contribution in [0.15, 0.2) is 35.2 Å². The molecule has 76 valence electrons. The second-order valence-electron chi connectivity index (χ2n) is 2.86. The van der Waals surface area contributed by atoms with Crippen molar-refractivity contribution in [2.45, 2.75) is 0 Å². The standard InChI is InChI=1S/C9H6BrN3O2/c10-9-6(7-4-11-5-12-7)2-1-3-8(9)13(14)15/h1-5H,(H,11,12). The minimum Gasteiger partial charge on any atom is -0.345 e. The Morgan fingerprint density at radius 1 is 1.47 bits per heavy atom. The van der Waals surface area contributed by atoms with Crippen LogP contribution >= 0.6 is 15.9 Å². The summed E-state index contributed by atoms with van der Waals surface area (Å²) in [5.74, 6) is 0. The van der Waals surface area contributed by atoms with Crippen LogP contribution in [0.4, 0.5) is 5.69 Å². The summed E-state index contributed by atoms with van der Waals surface area (Å²) in [5.41, 5.74) is 1.51. The Kier molecular flexibility index (Phi) is 2.51. The Bertz CT molecular complexity index is 496. The molecule has 0 saturated carbocycles. The zero-order valence-corrected chi connectivity index (χ0v) is 9.06. The normalized spacial score (nSPS) is 10.2. The molecule has 5 nitrogen and oxygen atoms in total. The SMILES string of the molecule is O=[N+]([O-])c1cccc(-c2cnc[nH]2)c1Br. The summed E-state index contributed by atoms with van der Waals surface area (Å²) >= 11 is 3.21. The Morgan fingerprint density at radius 3 is 2.87 bits per heavy atom. The quantitative estimate of drug-likeness (QED) is 0.672. The first-order valence-electron chi connectivity index (χ1n) is 4.12. The predicted molar refractivity (Wildman–Crippen MR) is 58.4 cm³/mol. The van der Waals surface area contributed by atoms with E-state index in [2.05, 4.69) is 25.9 Å². The van der Waals surface area contributed by atoms with E-state index in [0.29, 0.717) is 4.47 Å². The number of nitrogens with one attached hydrogen (secondary N) is 1. The second-order valence-corrected chi connectivity index (χ2v) is 3.65. The summed E-state index contributed by atoms with van der Waals surface area (Å²) in [5, 5.41) is 10.7. The molecule has 0 aliphatic rings. The molecule has 1 heterocycles. The van der Waals surface area contributed by atoms with Gasteiger partial charge in [0.2, 0.25) is 0 Å². The molecule has 0 fully saturated rings. The lowest BCUT2D eigenvalue weighted by Crippen LogP contribution is -1.90. The number of hydrogen-bond acceptors (Lipinski definition) is 3. The van der Waals surface area contributed by atoms with Gasteiger partial charge in [-0.05, 0) is 15.9 Å². The van der Waals surface area contributed by atoms with E-state index in [0.717, 1.165) is 11.3 Å². The van der Waals surface area contributed by atoms with Crippen molar-refractivity contribution in [2.75, 3.05) is 0 Å². The molecule has 1 aromatic carbocycles. The van der Waals surface area contributed by atoms with Gasteiger partial charge in [-0.3, -0.25) is 10.1 Å². The fraction of sp³-hybridized carbons (Fsp3) is 0. The maximum atomic E-state index is 10.7. The Labute approximate surface area is 93.4 Å². The lowest BCUT2D eigenvalue weighted by Gasteiger charge is -2.01. The third kappa shape index (κ3) is 1.75. The summed E-state index contributed by atoms with van der Waals surface area (Å²) in [4.78, 5) is 17.0. The molecule has 0 atom stereocenters. The first kappa shape index (κ1) is 9.85. The van der Waals surface area contributed by atoms with E-state index >= 15 is 0 Å². The molecular formula is C9H6BrN3O2. The van der Waals surface area contributed by atoms with Crippen molar-refractivity contribution in [3.8, 4) is 11.3 Å². The molecule has 1 N–H and O–H groups in total. The molecule has 6 heteroatoms. The summed E-state index contributed by atoms with van der Waals surface area (Å²) in [7, 11) is 0. The summed E-state index contributed by atoms with van der Waals surface area (Å²) in [6, 6.07) is 4.87. The number of nitro benzene ring substituents is 1. The Balaban J connectivity index is 2.59. The topological polar surface area (TPSA) is 71.8 Å². The number of imidazole rings is 1. The molecule has 2 aromatic rings. The molecule has 1 aromatic heterocycles. The van der Waals surface area contributed by atoms with Crippen LogP contribution in [0.3, 0.4) is 0 Å². The smallest absolute Gasteiger partial charge is 0.284 e. The van der Waals surface area contributed by atoms with Crippen molar-refractivity contribution < 1.29 is 4.92 Å². The monoisotopic (exact) mass is 267 g/mol. The number of aromatic amines is 1. The Morgan fingerprint density at radius 2 is 2.27 bits per heavy atom. The lowest BCUT2D eigenvalue weighted by atomic mass is 10.1. The number of aromatic nitrogens is 2. The van der Waals surface area contributed by atoms with Crippen LogP contribution in [0.1, 0.15) is 0 Å². The highest BCUT2D eigenvalue weighted by molar-refractivity contribution is 9.10. The molecule has 2 rings (SSSR count). The van der Waals surface area contributed by atoms with E-state index < -0.39 is 4.92 Å². The van der Waals surface area contributed by atoms with Gasteiger partial charge >= 0.3 is 0 Å². The molecule has 0 spiro atoms. The first-order valence-corrected chi connectivity index (χ1v) is 4.91. The van der Waals surface area contributed by atoms with Gasteiger partial charge in [-0.2, -0.15) is 0 Å². The summed E-state index contributed by atoms with van der Waals surface area (Å²) < 4.78 is 0.458. The highest BCUT2D eigenvalue weighted by Gasteiger charge is 2.16. The highest BCUT2D eigenvalue weighted by Crippen LogP contribution is 2.33. The average molecular weight is 268 g/mol. The van der Waals surface area contributed by atoms with Crippen LogP contribution in [0.5, 0.6) is 0 Å². The second kappa shape index (κ2) is 3.82. The fourth-order valence-corrected chi connectivity index (χ4v) is 1.89. The van der Waals surface area contributed by atoms with Gasteiger partial charge in [0, 0.05) is 11.6 Å². The summed E-state index contributed by atoms with van der Waals surface area (Å²) in [6.07, 6.45) is 3.14. The molecule has 0 aliphatic carbocycles. The number of benzene rings is 1. The van der Waals surface area contributed by atoms with E-state index in [1.165, 1.54) is 12.4 Å². The van der Waals surface area contributed by atoms with Crippen LogP contribution in [-0.4, -0.2) is 14.9 Å². The van der Waals surface area contributed by atoms with E-state index in [1.807, 2.05) is 0 Å². The van der Waals surface area contributed by atoms with Gasteiger partial charge in [-0.1, -0.05) is 12.1 Å². The number of hydrogen-bond donors (Lipinski definition) is 1. The van der Waals surface area contributed by atoms with Gasteiger partial charge < -0.3 is 4.98 Å². The number of nitro groups is 1. The number of halogens is 1. The first-order chi connectivity index (χ1) is 7.20. The molecule has 0 aliphatic heterocycles. The van der Waals surface area contributed by atoms with E-state index in [9.17, 15) is 10.1 Å². The lowest BCUT2D eigenvalue weighted by molar-refractivity contribution is -0.385. The van der Waals surface area contributed by atoms with E-state index in [1.54, 1.807) is 18.3 Å². The van der Waals surface area contributed by atoms with Gasteiger partial charge in [-0.15, -0.1) is 0 Å². The molecule has 0 radical (unpaired) electrons. The largest absolute Gasteiger partial charge is 0.345 e. The molecular weight excluding hydrogens is 262 g/mol. The van der Waals surface area contributed by atoms with Gasteiger partial charge in [0.05, 0.1) is 23.1 Å². The van der Waals surface area contributed by atoms with Crippen molar-refractivity contribution in [3.63, 3.8) is 0 Å². The average Bonchev–Trinajstić information content (AvgIpc) is 2.70. The number of nitrogens with zero attached hydrogens (tertiary/aromatic N) is 2. The van der Waals surface area contributed by atoms with Gasteiger partial charge in [0.1, 0.15) is 4.47 Å². The molecule has 0 saturated heterocycles. The van der Waals surface area contributed by atoms with Crippen molar-refractivity contribution in [1.82, 2.24) is 9.97 Å². The van der Waals surface area contributed by atoms with Crippen LogP contribution in [0.2, 0.25) is 0 Å². The van der Waals surface area contributed by atoms with Gasteiger partial charge in [0.25, 0.3) is 5.69 Å². The summed E-state index contributed by atoms with van der Waals surface area (Å²) in [6.45, 7) is 0. The maximum Gasteiger partial charge on any atom is 0.284 e.